The Morgan fingerprint density at radius 3 is 2.71 bits per heavy atom. The Hall–Kier alpha value is -2.17. The summed E-state index contributed by atoms with van der Waals surface area (Å²) in [6, 6.07) is 4.56. The Balaban J connectivity index is 1.52. The average molecular weight is 429 g/mol. The molecule has 0 amide bonds. The van der Waals surface area contributed by atoms with Crippen molar-refractivity contribution in [2.24, 2.45) is 17.3 Å². The third kappa shape index (κ3) is 4.04. The minimum Gasteiger partial charge on any atom is -0.462 e. The average Bonchev–Trinajstić information content (AvgIpc) is 3.08. The number of ether oxygens (including phenoxy) is 2. The van der Waals surface area contributed by atoms with Crippen LogP contribution in [0.2, 0.25) is 0 Å². The number of benzene rings is 1. The summed E-state index contributed by atoms with van der Waals surface area (Å²) < 4.78 is 23.6. The third-order valence-corrected chi connectivity index (χ3v) is 8.15. The standard InChI is InChI=1S/C26H33FO4/c1-15(14-30-25(29)16(2)27)23-9-10-24-22-7-5-18-13-19(31-17(3)28)6-8-20(18)21(22)11-12-26(23,24)4/h5,7,15,19,23-24H,2,6,8-14H2,1,3-4H3/t15-,19+,23?,24?,26-/m1/s1. The number of hydrogen-bond donors (Lipinski definition) is 0. The van der Waals surface area contributed by atoms with Crippen molar-refractivity contribution < 1.29 is 23.5 Å². The number of esters is 2. The second-order valence-corrected chi connectivity index (χ2v) is 9.97. The summed E-state index contributed by atoms with van der Waals surface area (Å²) in [7, 11) is 0. The van der Waals surface area contributed by atoms with Gasteiger partial charge in [0.15, 0.2) is 0 Å². The van der Waals surface area contributed by atoms with E-state index < -0.39 is 11.8 Å². The maximum absolute atomic E-state index is 13.0. The van der Waals surface area contributed by atoms with E-state index in [1.807, 2.05) is 0 Å². The van der Waals surface area contributed by atoms with E-state index in [-0.39, 0.29) is 30.0 Å². The highest BCUT2D eigenvalue weighted by atomic mass is 19.1. The first-order valence-corrected chi connectivity index (χ1v) is 11.5. The maximum atomic E-state index is 13.0. The Morgan fingerprint density at radius 1 is 1.23 bits per heavy atom. The van der Waals surface area contributed by atoms with E-state index in [1.54, 1.807) is 0 Å². The lowest BCUT2D eigenvalue weighted by Gasteiger charge is -2.45. The van der Waals surface area contributed by atoms with Gasteiger partial charge in [-0.2, -0.15) is 4.39 Å². The minimum atomic E-state index is -1.03. The molecule has 1 aromatic rings. The molecule has 0 bridgehead atoms. The van der Waals surface area contributed by atoms with Crippen LogP contribution in [-0.2, 0) is 38.3 Å². The van der Waals surface area contributed by atoms with Crippen LogP contribution in [0, 0.1) is 17.3 Å². The summed E-state index contributed by atoms with van der Waals surface area (Å²) in [5.41, 5.74) is 5.99. The molecule has 3 aliphatic rings. The van der Waals surface area contributed by atoms with Gasteiger partial charge in [-0.25, -0.2) is 4.79 Å². The molecule has 0 aliphatic heterocycles. The lowest BCUT2D eigenvalue weighted by atomic mass is 9.60. The largest absolute Gasteiger partial charge is 0.462 e. The fourth-order valence-electron chi connectivity index (χ4n) is 6.74. The van der Waals surface area contributed by atoms with Gasteiger partial charge in [-0.3, -0.25) is 4.79 Å². The van der Waals surface area contributed by atoms with E-state index in [0.29, 0.717) is 11.8 Å². The summed E-state index contributed by atoms with van der Waals surface area (Å²) in [6.07, 6.45) is 7.10. The molecule has 3 aliphatic carbocycles. The molecule has 1 aromatic carbocycles. The van der Waals surface area contributed by atoms with Gasteiger partial charge in [0.25, 0.3) is 0 Å². The lowest BCUT2D eigenvalue weighted by molar-refractivity contribution is -0.146. The highest BCUT2D eigenvalue weighted by Crippen LogP contribution is 2.61. The predicted molar refractivity (Wildman–Crippen MR) is 116 cm³/mol. The highest BCUT2D eigenvalue weighted by molar-refractivity contribution is 5.85. The van der Waals surface area contributed by atoms with Crippen molar-refractivity contribution in [3.05, 3.63) is 46.8 Å². The van der Waals surface area contributed by atoms with Gasteiger partial charge in [0, 0.05) is 13.3 Å². The van der Waals surface area contributed by atoms with Gasteiger partial charge >= 0.3 is 11.9 Å². The van der Waals surface area contributed by atoms with Crippen LogP contribution in [0.5, 0.6) is 0 Å². The third-order valence-electron chi connectivity index (χ3n) is 8.15. The molecule has 0 radical (unpaired) electrons. The summed E-state index contributed by atoms with van der Waals surface area (Å²) in [5, 5.41) is 0. The molecule has 0 heterocycles. The van der Waals surface area contributed by atoms with Crippen molar-refractivity contribution in [1.82, 2.24) is 0 Å². The number of hydrogen-bond acceptors (Lipinski definition) is 4. The van der Waals surface area contributed by atoms with Gasteiger partial charge < -0.3 is 9.47 Å². The normalized spacial score (nSPS) is 29.9. The smallest absolute Gasteiger partial charge is 0.366 e. The predicted octanol–water partition coefficient (Wildman–Crippen LogP) is 5.22. The maximum Gasteiger partial charge on any atom is 0.366 e. The first-order valence-electron chi connectivity index (χ1n) is 11.5. The van der Waals surface area contributed by atoms with Crippen LogP contribution in [0.15, 0.2) is 24.5 Å². The molecular weight excluding hydrogens is 395 g/mol. The first-order chi connectivity index (χ1) is 14.7. The van der Waals surface area contributed by atoms with Gasteiger partial charge in [-0.1, -0.05) is 32.6 Å². The Morgan fingerprint density at radius 2 is 2.00 bits per heavy atom. The van der Waals surface area contributed by atoms with Crippen LogP contribution in [-0.4, -0.2) is 24.6 Å². The van der Waals surface area contributed by atoms with Crippen LogP contribution >= 0.6 is 0 Å². The van der Waals surface area contributed by atoms with Gasteiger partial charge in [0.1, 0.15) is 6.10 Å². The van der Waals surface area contributed by atoms with Crippen molar-refractivity contribution in [3.8, 4) is 0 Å². The van der Waals surface area contributed by atoms with Crippen LogP contribution in [0.3, 0.4) is 0 Å². The number of rotatable bonds is 5. The first kappa shape index (κ1) is 22.0. The highest BCUT2D eigenvalue weighted by Gasteiger charge is 2.51. The molecule has 1 saturated carbocycles. The van der Waals surface area contributed by atoms with Crippen molar-refractivity contribution >= 4 is 11.9 Å². The molecule has 1 fully saturated rings. The molecular formula is C26H33FO4. The van der Waals surface area contributed by atoms with Gasteiger partial charge in [0.05, 0.1) is 6.61 Å². The van der Waals surface area contributed by atoms with E-state index in [1.165, 1.54) is 29.2 Å². The Kier molecular flexibility index (Phi) is 5.97. The molecule has 0 spiro atoms. The number of fused-ring (bicyclic) bond motifs is 5. The molecule has 5 atom stereocenters. The zero-order valence-electron chi connectivity index (χ0n) is 18.8. The van der Waals surface area contributed by atoms with Crippen LogP contribution in [0.25, 0.3) is 0 Å². The minimum absolute atomic E-state index is 0.00303. The molecule has 0 N–H and O–H groups in total. The van der Waals surface area contributed by atoms with E-state index >= 15 is 0 Å². The van der Waals surface area contributed by atoms with Crippen molar-refractivity contribution in [3.63, 3.8) is 0 Å². The SMILES string of the molecule is C=C(F)C(=O)OC[C@@H](C)C1CCC2c3ccc4c(c3CC[C@@]21C)CC[C@H](OC(C)=O)C4. The molecule has 168 valence electrons. The quantitative estimate of drug-likeness (QED) is 0.477. The van der Waals surface area contributed by atoms with E-state index in [9.17, 15) is 14.0 Å². The molecule has 0 saturated heterocycles. The second-order valence-electron chi connectivity index (χ2n) is 9.97. The fraction of sp³-hybridized carbons (Fsp3) is 0.615. The molecule has 2 unspecified atom stereocenters. The number of halogens is 1. The van der Waals surface area contributed by atoms with Gasteiger partial charge in [0.2, 0.25) is 5.83 Å². The van der Waals surface area contributed by atoms with Gasteiger partial charge in [-0.05, 0) is 83.9 Å². The van der Waals surface area contributed by atoms with Gasteiger partial charge in [-0.15, -0.1) is 0 Å². The second kappa shape index (κ2) is 8.40. The van der Waals surface area contributed by atoms with Crippen molar-refractivity contribution in [2.75, 3.05) is 6.61 Å². The topological polar surface area (TPSA) is 52.6 Å². The monoisotopic (exact) mass is 428 g/mol. The van der Waals surface area contributed by atoms with E-state index in [0.717, 1.165) is 44.9 Å². The summed E-state index contributed by atoms with van der Waals surface area (Å²) in [4.78, 5) is 22.8. The molecule has 4 nitrogen and oxygen atoms in total. The molecule has 31 heavy (non-hydrogen) atoms. The van der Waals surface area contributed by atoms with Crippen molar-refractivity contribution in [2.45, 2.75) is 77.7 Å². The van der Waals surface area contributed by atoms with Crippen LogP contribution in [0.1, 0.15) is 74.6 Å². The van der Waals surface area contributed by atoms with Crippen molar-refractivity contribution in [1.29, 1.82) is 0 Å². The zero-order chi connectivity index (χ0) is 22.3. The van der Waals surface area contributed by atoms with Crippen LogP contribution in [0.4, 0.5) is 4.39 Å². The van der Waals surface area contributed by atoms with E-state index in [2.05, 4.69) is 32.6 Å². The Bertz CT molecular complexity index is 907. The summed E-state index contributed by atoms with van der Waals surface area (Å²) in [6.45, 7) is 9.25. The molecule has 5 heteroatoms. The van der Waals surface area contributed by atoms with Crippen LogP contribution < -0.4 is 0 Å². The molecule has 4 rings (SSSR count). The zero-order valence-corrected chi connectivity index (χ0v) is 18.8. The Labute approximate surface area is 184 Å². The number of carbonyl (C=O) groups excluding carboxylic acids is 2. The number of carbonyl (C=O) groups is 2. The lowest BCUT2D eigenvalue weighted by Crippen LogP contribution is -2.37. The fourth-order valence-corrected chi connectivity index (χ4v) is 6.74. The summed E-state index contributed by atoms with van der Waals surface area (Å²) >= 11 is 0. The van der Waals surface area contributed by atoms with E-state index in [4.69, 9.17) is 9.47 Å². The molecule has 0 aromatic heterocycles. The summed E-state index contributed by atoms with van der Waals surface area (Å²) in [5.74, 6) is -1.05.